The van der Waals surface area contributed by atoms with Gasteiger partial charge in [-0.05, 0) is 30.7 Å². The van der Waals surface area contributed by atoms with Crippen molar-refractivity contribution in [3.63, 3.8) is 0 Å². The van der Waals surface area contributed by atoms with Gasteiger partial charge in [0.05, 0.1) is 31.0 Å². The number of ether oxygens (including phenoxy) is 2. The number of aromatic nitrogens is 2. The zero-order valence-electron chi connectivity index (χ0n) is 15.1. The second kappa shape index (κ2) is 7.63. The molecule has 1 N–H and O–H groups in total. The van der Waals surface area contributed by atoms with Crippen molar-refractivity contribution in [1.29, 1.82) is 0 Å². The van der Waals surface area contributed by atoms with Crippen LogP contribution in [-0.2, 0) is 10.0 Å². The van der Waals surface area contributed by atoms with E-state index in [1.807, 2.05) is 0 Å². The molecule has 0 fully saturated rings. The van der Waals surface area contributed by atoms with Crippen molar-refractivity contribution in [3.8, 4) is 22.8 Å². The van der Waals surface area contributed by atoms with Crippen LogP contribution in [0.5, 0.6) is 11.6 Å². The molecule has 0 spiro atoms. The molecule has 0 amide bonds. The fourth-order valence-electron chi connectivity index (χ4n) is 2.56. The summed E-state index contributed by atoms with van der Waals surface area (Å²) in [6, 6.07) is 13.9. The molecule has 0 saturated heterocycles. The first-order chi connectivity index (χ1) is 12.9. The van der Waals surface area contributed by atoms with Gasteiger partial charge in [0.2, 0.25) is 5.82 Å². The Hall–Kier alpha value is -3.13. The van der Waals surface area contributed by atoms with Crippen LogP contribution in [0.1, 0.15) is 5.69 Å². The number of nitrogens with zero attached hydrogens (tertiary/aromatic N) is 2. The van der Waals surface area contributed by atoms with Gasteiger partial charge in [0.15, 0.2) is 0 Å². The van der Waals surface area contributed by atoms with Gasteiger partial charge >= 0.3 is 0 Å². The van der Waals surface area contributed by atoms with E-state index in [0.717, 1.165) is 5.56 Å². The predicted octanol–water partition coefficient (Wildman–Crippen LogP) is 3.27. The molecule has 0 saturated carbocycles. The smallest absolute Gasteiger partial charge is 0.263 e. The molecule has 7 nitrogen and oxygen atoms in total. The molecule has 0 atom stereocenters. The van der Waals surface area contributed by atoms with Crippen molar-refractivity contribution in [2.45, 2.75) is 11.8 Å². The highest BCUT2D eigenvalue weighted by molar-refractivity contribution is 7.92. The third-order valence-corrected chi connectivity index (χ3v) is 5.26. The topological polar surface area (TPSA) is 90.4 Å². The second-order valence-electron chi connectivity index (χ2n) is 5.70. The lowest BCUT2D eigenvalue weighted by Crippen LogP contribution is -2.16. The molecule has 0 unspecified atom stereocenters. The van der Waals surface area contributed by atoms with Crippen LogP contribution in [0.15, 0.2) is 59.6 Å². The van der Waals surface area contributed by atoms with Crippen LogP contribution >= 0.6 is 0 Å². The Balaban J connectivity index is 2.03. The third-order valence-electron chi connectivity index (χ3n) is 3.86. The van der Waals surface area contributed by atoms with Crippen molar-refractivity contribution in [2.24, 2.45) is 0 Å². The molecular formula is C19H19N3O4S. The van der Waals surface area contributed by atoms with E-state index in [2.05, 4.69) is 14.7 Å². The minimum Gasteiger partial charge on any atom is -0.497 e. The quantitative estimate of drug-likeness (QED) is 0.700. The average molecular weight is 385 g/mol. The third kappa shape index (κ3) is 4.01. The van der Waals surface area contributed by atoms with Gasteiger partial charge in [0, 0.05) is 5.56 Å². The van der Waals surface area contributed by atoms with E-state index in [0.29, 0.717) is 17.0 Å². The molecule has 2 aromatic carbocycles. The number of methoxy groups -OCH3 is 2. The molecular weight excluding hydrogens is 366 g/mol. The lowest BCUT2D eigenvalue weighted by atomic mass is 10.1. The molecule has 1 heterocycles. The number of benzene rings is 2. The van der Waals surface area contributed by atoms with E-state index in [1.54, 1.807) is 56.5 Å². The molecule has 3 rings (SSSR count). The molecule has 140 valence electrons. The second-order valence-corrected chi connectivity index (χ2v) is 7.35. The average Bonchev–Trinajstić information content (AvgIpc) is 2.69. The van der Waals surface area contributed by atoms with Gasteiger partial charge in [-0.25, -0.2) is 18.4 Å². The normalized spacial score (nSPS) is 11.1. The minimum atomic E-state index is -3.92. The first-order valence-electron chi connectivity index (χ1n) is 8.08. The van der Waals surface area contributed by atoms with Crippen molar-refractivity contribution in [1.82, 2.24) is 9.97 Å². The first kappa shape index (κ1) is 18.7. The molecule has 0 aliphatic rings. The van der Waals surface area contributed by atoms with E-state index in [4.69, 9.17) is 9.47 Å². The van der Waals surface area contributed by atoms with Crippen LogP contribution in [0.4, 0.5) is 5.82 Å². The van der Waals surface area contributed by atoms with Gasteiger partial charge in [-0.1, -0.05) is 30.3 Å². The van der Waals surface area contributed by atoms with E-state index < -0.39 is 10.0 Å². The van der Waals surface area contributed by atoms with E-state index >= 15 is 0 Å². The van der Waals surface area contributed by atoms with Gasteiger partial charge in [-0.2, -0.15) is 0 Å². The summed E-state index contributed by atoms with van der Waals surface area (Å²) in [6.07, 6.45) is 1.47. The summed E-state index contributed by atoms with van der Waals surface area (Å²) < 4.78 is 38.8. The Morgan fingerprint density at radius 3 is 2.33 bits per heavy atom. The van der Waals surface area contributed by atoms with Crippen LogP contribution in [0, 0.1) is 6.92 Å². The van der Waals surface area contributed by atoms with Crippen LogP contribution in [0.2, 0.25) is 0 Å². The van der Waals surface area contributed by atoms with Crippen molar-refractivity contribution in [3.05, 3.63) is 60.4 Å². The minimum absolute atomic E-state index is 0.0348. The molecule has 27 heavy (non-hydrogen) atoms. The summed E-state index contributed by atoms with van der Waals surface area (Å²) in [5.41, 5.74) is 1.93. The van der Waals surface area contributed by atoms with Gasteiger partial charge in [-0.15, -0.1) is 0 Å². The Kier molecular flexibility index (Phi) is 5.27. The van der Waals surface area contributed by atoms with Crippen LogP contribution in [0.25, 0.3) is 11.1 Å². The SMILES string of the molecule is COc1ccc(-c2ccccc2S(=O)(=O)Nc2ncc(C)nc2OC)cc1. The highest BCUT2D eigenvalue weighted by atomic mass is 32.2. The molecule has 0 aliphatic heterocycles. The number of sulfonamides is 1. The maximum Gasteiger partial charge on any atom is 0.263 e. The Bertz CT molecular complexity index is 1050. The van der Waals surface area contributed by atoms with Crippen LogP contribution in [-0.4, -0.2) is 32.6 Å². The molecule has 8 heteroatoms. The fraction of sp³-hybridized carbons (Fsp3) is 0.158. The van der Waals surface area contributed by atoms with E-state index in [9.17, 15) is 8.42 Å². The summed E-state index contributed by atoms with van der Waals surface area (Å²) in [7, 11) is -0.931. The maximum absolute atomic E-state index is 13.0. The number of hydrogen-bond acceptors (Lipinski definition) is 6. The van der Waals surface area contributed by atoms with Gasteiger partial charge in [-0.3, -0.25) is 4.72 Å². The predicted molar refractivity (Wildman–Crippen MR) is 103 cm³/mol. The summed E-state index contributed by atoms with van der Waals surface area (Å²) >= 11 is 0. The number of hydrogen-bond donors (Lipinski definition) is 1. The van der Waals surface area contributed by atoms with E-state index in [1.165, 1.54) is 19.4 Å². The first-order valence-corrected chi connectivity index (χ1v) is 9.57. The molecule has 0 bridgehead atoms. The maximum atomic E-state index is 13.0. The van der Waals surface area contributed by atoms with E-state index in [-0.39, 0.29) is 16.6 Å². The molecule has 0 aliphatic carbocycles. The number of anilines is 1. The van der Waals surface area contributed by atoms with Crippen LogP contribution in [0.3, 0.4) is 0 Å². The summed E-state index contributed by atoms with van der Waals surface area (Å²) in [5, 5.41) is 0. The van der Waals surface area contributed by atoms with Gasteiger partial charge < -0.3 is 9.47 Å². The standard InChI is InChI=1S/C19H19N3O4S/c1-13-12-20-18(19(21-13)26-3)22-27(23,24)17-7-5-4-6-16(17)14-8-10-15(25-2)11-9-14/h4-12H,1-3H3,(H,20,22). The number of nitrogens with one attached hydrogen (secondary N) is 1. The Morgan fingerprint density at radius 1 is 0.963 bits per heavy atom. The highest BCUT2D eigenvalue weighted by Gasteiger charge is 2.22. The monoisotopic (exact) mass is 385 g/mol. The van der Waals surface area contributed by atoms with Crippen molar-refractivity contribution in [2.75, 3.05) is 18.9 Å². The zero-order chi connectivity index (χ0) is 19.4. The van der Waals surface area contributed by atoms with Crippen LogP contribution < -0.4 is 14.2 Å². The van der Waals surface area contributed by atoms with Gasteiger partial charge in [0.25, 0.3) is 15.9 Å². The lowest BCUT2D eigenvalue weighted by Gasteiger charge is -2.14. The summed E-state index contributed by atoms with van der Waals surface area (Å²) in [4.78, 5) is 8.36. The number of aryl methyl sites for hydroxylation is 1. The molecule has 3 aromatic rings. The highest BCUT2D eigenvalue weighted by Crippen LogP contribution is 2.30. The summed E-state index contributed by atoms with van der Waals surface area (Å²) in [6.45, 7) is 1.74. The largest absolute Gasteiger partial charge is 0.497 e. The Labute approximate surface area is 158 Å². The summed E-state index contributed by atoms with van der Waals surface area (Å²) in [5.74, 6) is 0.838. The van der Waals surface area contributed by atoms with Gasteiger partial charge in [0.1, 0.15) is 5.75 Å². The van der Waals surface area contributed by atoms with Crippen molar-refractivity contribution >= 4 is 15.8 Å². The molecule has 0 radical (unpaired) electrons. The van der Waals surface area contributed by atoms with Crippen molar-refractivity contribution < 1.29 is 17.9 Å². The zero-order valence-corrected chi connectivity index (χ0v) is 15.9. The Morgan fingerprint density at radius 2 is 1.67 bits per heavy atom. The number of rotatable bonds is 6. The molecule has 1 aromatic heterocycles. The lowest BCUT2D eigenvalue weighted by molar-refractivity contribution is 0.397. The fourth-order valence-corrected chi connectivity index (χ4v) is 3.80.